The van der Waals surface area contributed by atoms with Gasteiger partial charge in [-0.05, 0) is 0 Å². The van der Waals surface area contributed by atoms with E-state index in [1.807, 2.05) is 0 Å². The fourth-order valence-corrected chi connectivity index (χ4v) is 1.18. The van der Waals surface area contributed by atoms with Crippen LogP contribution in [0.1, 0.15) is 16.3 Å². The Bertz CT molecular complexity index is 467. The molecule has 0 spiro atoms. The van der Waals surface area contributed by atoms with Crippen LogP contribution in [0, 0.1) is 0 Å². The van der Waals surface area contributed by atoms with Crippen molar-refractivity contribution in [2.45, 2.75) is 6.54 Å². The van der Waals surface area contributed by atoms with Gasteiger partial charge in [-0.2, -0.15) is 0 Å². The van der Waals surface area contributed by atoms with Crippen molar-refractivity contribution in [3.8, 4) is 0 Å². The van der Waals surface area contributed by atoms with Crippen molar-refractivity contribution in [3.05, 3.63) is 41.5 Å². The summed E-state index contributed by atoms with van der Waals surface area (Å²) >= 11 is 5.55. The third-order valence-corrected chi connectivity index (χ3v) is 2.02. The summed E-state index contributed by atoms with van der Waals surface area (Å²) in [6.45, 7) is 0.316. The molecule has 7 heteroatoms. The van der Waals surface area contributed by atoms with E-state index in [1.165, 1.54) is 12.4 Å². The van der Waals surface area contributed by atoms with Crippen LogP contribution in [0.25, 0.3) is 0 Å². The molecule has 0 aliphatic carbocycles. The molecule has 0 aliphatic rings. The number of aromatic nitrogens is 4. The molecule has 0 bridgehead atoms. The van der Waals surface area contributed by atoms with Crippen LogP contribution in [0.15, 0.2) is 24.8 Å². The molecule has 0 unspecified atom stereocenters. The minimum atomic E-state index is -0.319. The van der Waals surface area contributed by atoms with Crippen LogP contribution in [0.3, 0.4) is 0 Å². The van der Waals surface area contributed by atoms with Crippen molar-refractivity contribution >= 4 is 17.5 Å². The average molecular weight is 238 g/mol. The Hall–Kier alpha value is -1.95. The number of hydrogen-bond acceptors (Lipinski definition) is 4. The largest absolute Gasteiger partial charge is 0.347 e. The molecular formula is C9H8ClN5O. The molecule has 2 aromatic rings. The zero-order valence-electron chi connectivity index (χ0n) is 8.14. The second kappa shape index (κ2) is 4.71. The summed E-state index contributed by atoms with van der Waals surface area (Å²) < 4.78 is 0. The highest BCUT2D eigenvalue weighted by Crippen LogP contribution is 2.01. The first kappa shape index (κ1) is 10.6. The molecule has 0 radical (unpaired) electrons. The molecule has 6 nitrogen and oxygen atoms in total. The number of nitrogens with zero attached hydrogens (tertiary/aromatic N) is 3. The number of carbonyl (C=O) groups is 1. The van der Waals surface area contributed by atoms with Gasteiger partial charge >= 0.3 is 0 Å². The molecule has 2 heterocycles. The van der Waals surface area contributed by atoms with Crippen LogP contribution in [0.4, 0.5) is 0 Å². The van der Waals surface area contributed by atoms with Gasteiger partial charge in [0.15, 0.2) is 0 Å². The first-order valence-corrected chi connectivity index (χ1v) is 4.87. The zero-order chi connectivity index (χ0) is 11.4. The first-order chi connectivity index (χ1) is 7.75. The third-order valence-electron chi connectivity index (χ3n) is 1.82. The lowest BCUT2D eigenvalue weighted by molar-refractivity contribution is 0.0944. The lowest BCUT2D eigenvalue weighted by Crippen LogP contribution is -2.24. The van der Waals surface area contributed by atoms with Crippen molar-refractivity contribution in [1.29, 1.82) is 0 Å². The Morgan fingerprint density at radius 1 is 1.38 bits per heavy atom. The zero-order valence-corrected chi connectivity index (χ0v) is 8.90. The summed E-state index contributed by atoms with van der Waals surface area (Å²) in [6.07, 6.45) is 5.94. The molecule has 0 fully saturated rings. The summed E-state index contributed by atoms with van der Waals surface area (Å²) in [4.78, 5) is 26.0. The van der Waals surface area contributed by atoms with Crippen LogP contribution in [-0.2, 0) is 6.54 Å². The highest BCUT2D eigenvalue weighted by Gasteiger charge is 2.07. The highest BCUT2D eigenvalue weighted by atomic mass is 35.5. The maximum Gasteiger partial charge on any atom is 0.271 e. The van der Waals surface area contributed by atoms with Crippen LogP contribution in [0.5, 0.6) is 0 Å². The SMILES string of the molecule is O=C(NCc1ncc[nH]1)c1cnc(Cl)cn1. The fourth-order valence-electron chi connectivity index (χ4n) is 1.08. The molecule has 0 saturated heterocycles. The number of rotatable bonds is 3. The number of amides is 1. The molecule has 0 saturated carbocycles. The van der Waals surface area contributed by atoms with Gasteiger partial charge in [-0.15, -0.1) is 0 Å². The van der Waals surface area contributed by atoms with Gasteiger partial charge in [0.2, 0.25) is 0 Å². The molecule has 16 heavy (non-hydrogen) atoms. The highest BCUT2D eigenvalue weighted by molar-refractivity contribution is 6.29. The molecule has 0 atom stereocenters. The third kappa shape index (κ3) is 2.54. The number of aromatic amines is 1. The van der Waals surface area contributed by atoms with E-state index in [0.29, 0.717) is 12.4 Å². The molecule has 2 N–H and O–H groups in total. The lowest BCUT2D eigenvalue weighted by Gasteiger charge is -2.01. The Balaban J connectivity index is 1.95. The second-order valence-electron chi connectivity index (χ2n) is 2.94. The second-order valence-corrected chi connectivity index (χ2v) is 3.33. The topological polar surface area (TPSA) is 83.6 Å². The number of nitrogens with one attached hydrogen (secondary N) is 2. The van der Waals surface area contributed by atoms with Crippen molar-refractivity contribution in [3.63, 3.8) is 0 Å². The molecular weight excluding hydrogens is 230 g/mol. The van der Waals surface area contributed by atoms with E-state index in [4.69, 9.17) is 11.6 Å². The molecule has 1 amide bonds. The molecule has 2 rings (SSSR count). The fraction of sp³-hybridized carbons (Fsp3) is 0.111. The van der Waals surface area contributed by atoms with Crippen molar-refractivity contribution in [1.82, 2.24) is 25.3 Å². The number of halogens is 1. The normalized spacial score (nSPS) is 10.1. The molecule has 2 aromatic heterocycles. The lowest BCUT2D eigenvalue weighted by atomic mass is 10.4. The molecule has 0 aliphatic heterocycles. The van der Waals surface area contributed by atoms with Crippen LogP contribution in [0.2, 0.25) is 5.15 Å². The predicted octanol–water partition coefficient (Wildman–Crippen LogP) is 0.783. The summed E-state index contributed by atoms with van der Waals surface area (Å²) in [5.74, 6) is 0.357. The Morgan fingerprint density at radius 3 is 2.88 bits per heavy atom. The van der Waals surface area contributed by atoms with Gasteiger partial charge in [-0.3, -0.25) is 4.79 Å². The van der Waals surface area contributed by atoms with Gasteiger partial charge in [0.25, 0.3) is 5.91 Å². The van der Waals surface area contributed by atoms with Crippen molar-refractivity contribution in [2.24, 2.45) is 0 Å². The van der Waals surface area contributed by atoms with E-state index < -0.39 is 0 Å². The van der Waals surface area contributed by atoms with E-state index in [-0.39, 0.29) is 16.8 Å². The quantitative estimate of drug-likeness (QED) is 0.827. The maximum absolute atomic E-state index is 11.6. The van der Waals surface area contributed by atoms with E-state index in [2.05, 4.69) is 25.3 Å². The van der Waals surface area contributed by atoms with Crippen molar-refractivity contribution < 1.29 is 4.79 Å². The summed E-state index contributed by atoms with van der Waals surface area (Å²) in [5.41, 5.74) is 0.218. The Labute approximate surface area is 96.1 Å². The van der Waals surface area contributed by atoms with Gasteiger partial charge in [0.1, 0.15) is 16.7 Å². The van der Waals surface area contributed by atoms with E-state index in [9.17, 15) is 4.79 Å². The summed E-state index contributed by atoms with van der Waals surface area (Å²) in [5, 5.41) is 2.89. The standard InChI is InChI=1S/C9H8ClN5O/c10-7-4-13-6(3-14-7)9(16)15-5-8-11-1-2-12-8/h1-4H,5H2,(H,11,12)(H,15,16). The van der Waals surface area contributed by atoms with E-state index >= 15 is 0 Å². The minimum Gasteiger partial charge on any atom is -0.347 e. The molecule has 0 aromatic carbocycles. The van der Waals surface area contributed by atoms with Gasteiger partial charge in [-0.25, -0.2) is 15.0 Å². The summed E-state index contributed by atoms with van der Waals surface area (Å²) in [7, 11) is 0. The first-order valence-electron chi connectivity index (χ1n) is 4.49. The number of imidazole rings is 1. The number of H-pyrrole nitrogens is 1. The van der Waals surface area contributed by atoms with Crippen molar-refractivity contribution in [2.75, 3.05) is 0 Å². The monoisotopic (exact) mass is 237 g/mol. The van der Waals surface area contributed by atoms with Gasteiger partial charge in [-0.1, -0.05) is 11.6 Å². The van der Waals surface area contributed by atoms with Gasteiger partial charge < -0.3 is 10.3 Å². The average Bonchev–Trinajstić information content (AvgIpc) is 2.80. The van der Waals surface area contributed by atoms with Crippen LogP contribution >= 0.6 is 11.6 Å². The van der Waals surface area contributed by atoms with Gasteiger partial charge in [0.05, 0.1) is 18.9 Å². The van der Waals surface area contributed by atoms with E-state index in [1.54, 1.807) is 12.4 Å². The predicted molar refractivity (Wildman–Crippen MR) is 56.8 cm³/mol. The maximum atomic E-state index is 11.6. The Kier molecular flexibility index (Phi) is 3.11. The Morgan fingerprint density at radius 2 is 2.25 bits per heavy atom. The number of hydrogen-bond donors (Lipinski definition) is 2. The van der Waals surface area contributed by atoms with Gasteiger partial charge in [0, 0.05) is 12.4 Å². The van der Waals surface area contributed by atoms with E-state index in [0.717, 1.165) is 0 Å². The van der Waals surface area contributed by atoms with Crippen LogP contribution < -0.4 is 5.32 Å². The molecule has 82 valence electrons. The van der Waals surface area contributed by atoms with Crippen LogP contribution in [-0.4, -0.2) is 25.8 Å². The minimum absolute atomic E-state index is 0.218. The smallest absolute Gasteiger partial charge is 0.271 e. The number of carbonyl (C=O) groups excluding carboxylic acids is 1. The summed E-state index contributed by atoms with van der Waals surface area (Å²) in [6, 6.07) is 0.